The third-order valence-electron chi connectivity index (χ3n) is 1.33. The zero-order chi connectivity index (χ0) is 6.15. The first-order valence-corrected chi connectivity index (χ1v) is 2.85. The van der Waals surface area contributed by atoms with Crippen molar-refractivity contribution >= 4 is 5.78 Å². The molecule has 1 heterocycles. The lowest BCUT2D eigenvalue weighted by Crippen LogP contribution is -1.97. The average Bonchev–Trinajstić information content (AvgIpc) is 2.17. The average molecular weight is 114 g/mol. The minimum Gasteiger partial charge on any atom is -0.369 e. The Balaban J connectivity index is 2.14. The van der Waals surface area contributed by atoms with Crippen LogP contribution in [0.4, 0.5) is 0 Å². The summed E-state index contributed by atoms with van der Waals surface area (Å²) in [6.45, 7) is 3.57. The highest BCUT2D eigenvalue weighted by Crippen LogP contribution is 2.23. The molecule has 46 valence electrons. The van der Waals surface area contributed by atoms with Gasteiger partial charge in [0.15, 0.2) is 0 Å². The molecular weight excluding hydrogens is 104 g/mol. The summed E-state index contributed by atoms with van der Waals surface area (Å²) in [7, 11) is 0. The molecule has 0 amide bonds. The Morgan fingerprint density at radius 3 is 2.38 bits per heavy atom. The number of carbonyl (C=O) groups excluding carboxylic acids is 1. The molecule has 0 radical (unpaired) electrons. The lowest BCUT2D eigenvalue weighted by atomic mass is 10.2. The third-order valence-corrected chi connectivity index (χ3v) is 1.33. The predicted molar refractivity (Wildman–Crippen MR) is 29.6 cm³/mol. The molecule has 8 heavy (non-hydrogen) atoms. The van der Waals surface area contributed by atoms with Gasteiger partial charge in [-0.05, 0) is 13.8 Å². The van der Waals surface area contributed by atoms with Gasteiger partial charge in [0.1, 0.15) is 5.78 Å². The Labute approximate surface area is 48.8 Å². The van der Waals surface area contributed by atoms with Crippen LogP contribution in [-0.4, -0.2) is 18.0 Å². The first-order chi connectivity index (χ1) is 3.70. The maximum atomic E-state index is 10.4. The van der Waals surface area contributed by atoms with Gasteiger partial charge in [-0.3, -0.25) is 4.79 Å². The topological polar surface area (TPSA) is 29.6 Å². The smallest absolute Gasteiger partial charge is 0.132 e. The molecule has 0 aromatic rings. The van der Waals surface area contributed by atoms with Crippen LogP contribution >= 0.6 is 0 Å². The summed E-state index contributed by atoms with van der Waals surface area (Å²) in [5.74, 6) is 0.222. The van der Waals surface area contributed by atoms with Crippen molar-refractivity contribution in [2.45, 2.75) is 32.5 Å². The van der Waals surface area contributed by atoms with Crippen LogP contribution in [0.2, 0.25) is 0 Å². The van der Waals surface area contributed by atoms with Crippen LogP contribution in [-0.2, 0) is 9.53 Å². The highest BCUT2D eigenvalue weighted by atomic mass is 16.6. The monoisotopic (exact) mass is 114 g/mol. The van der Waals surface area contributed by atoms with E-state index in [2.05, 4.69) is 0 Å². The molecule has 0 aromatic carbocycles. The molecule has 0 bridgehead atoms. The lowest BCUT2D eigenvalue weighted by molar-refractivity contribution is -0.117. The Hall–Kier alpha value is -0.370. The third kappa shape index (κ3) is 1.30. The second-order valence-electron chi connectivity index (χ2n) is 2.29. The van der Waals surface area contributed by atoms with Crippen LogP contribution in [0, 0.1) is 0 Å². The fourth-order valence-corrected chi connectivity index (χ4v) is 0.728. The molecule has 2 atom stereocenters. The highest BCUT2D eigenvalue weighted by molar-refractivity contribution is 5.76. The molecule has 1 aliphatic rings. The molecule has 0 aromatic heterocycles. The number of ether oxygens (including phenoxy) is 1. The van der Waals surface area contributed by atoms with Gasteiger partial charge in [0.05, 0.1) is 12.2 Å². The fourth-order valence-electron chi connectivity index (χ4n) is 0.728. The van der Waals surface area contributed by atoms with Gasteiger partial charge in [0, 0.05) is 6.42 Å². The van der Waals surface area contributed by atoms with Crippen molar-refractivity contribution in [3.63, 3.8) is 0 Å². The molecule has 1 fully saturated rings. The number of carbonyl (C=O) groups is 1. The summed E-state index contributed by atoms with van der Waals surface area (Å²) in [6.07, 6.45) is 1.17. The van der Waals surface area contributed by atoms with Gasteiger partial charge in [0.25, 0.3) is 0 Å². The summed E-state index contributed by atoms with van der Waals surface area (Å²) < 4.78 is 5.01. The van der Waals surface area contributed by atoms with E-state index in [0.29, 0.717) is 12.5 Å². The number of hydrogen-bond donors (Lipinski definition) is 0. The van der Waals surface area contributed by atoms with Gasteiger partial charge in [-0.25, -0.2) is 0 Å². The quantitative estimate of drug-likeness (QED) is 0.496. The van der Waals surface area contributed by atoms with Crippen molar-refractivity contribution in [3.8, 4) is 0 Å². The van der Waals surface area contributed by atoms with E-state index in [-0.39, 0.29) is 11.9 Å². The lowest BCUT2D eigenvalue weighted by Gasteiger charge is -1.82. The second kappa shape index (κ2) is 1.86. The van der Waals surface area contributed by atoms with Crippen LogP contribution in [0.1, 0.15) is 20.3 Å². The van der Waals surface area contributed by atoms with E-state index in [9.17, 15) is 4.79 Å². The summed E-state index contributed by atoms with van der Waals surface area (Å²) >= 11 is 0. The number of ketones is 1. The normalized spacial score (nSPS) is 34.8. The molecule has 0 aliphatic carbocycles. The SMILES string of the molecule is CC(=O)CC1OC1C. The minimum atomic E-state index is 0.222. The number of hydrogen-bond acceptors (Lipinski definition) is 2. The fraction of sp³-hybridized carbons (Fsp3) is 0.833. The molecular formula is C6H10O2. The van der Waals surface area contributed by atoms with Gasteiger partial charge in [0.2, 0.25) is 0 Å². The summed E-state index contributed by atoms with van der Waals surface area (Å²) in [5, 5.41) is 0. The molecule has 2 heteroatoms. The van der Waals surface area contributed by atoms with E-state index in [4.69, 9.17) is 4.74 Å². The van der Waals surface area contributed by atoms with Crippen LogP contribution in [0.5, 0.6) is 0 Å². The van der Waals surface area contributed by atoms with Gasteiger partial charge < -0.3 is 4.74 Å². The standard InChI is InChI=1S/C6H10O2/c1-4(7)3-6-5(2)8-6/h5-6H,3H2,1-2H3. The van der Waals surface area contributed by atoms with Crippen molar-refractivity contribution in [1.29, 1.82) is 0 Å². The van der Waals surface area contributed by atoms with Gasteiger partial charge in [-0.15, -0.1) is 0 Å². The van der Waals surface area contributed by atoms with E-state index in [0.717, 1.165) is 0 Å². The van der Waals surface area contributed by atoms with E-state index < -0.39 is 0 Å². The zero-order valence-electron chi connectivity index (χ0n) is 5.18. The minimum absolute atomic E-state index is 0.222. The maximum Gasteiger partial charge on any atom is 0.132 e. The first-order valence-electron chi connectivity index (χ1n) is 2.85. The van der Waals surface area contributed by atoms with Crippen LogP contribution < -0.4 is 0 Å². The largest absolute Gasteiger partial charge is 0.369 e. The van der Waals surface area contributed by atoms with E-state index >= 15 is 0 Å². The van der Waals surface area contributed by atoms with E-state index in [1.165, 1.54) is 0 Å². The molecule has 0 saturated carbocycles. The van der Waals surface area contributed by atoms with Gasteiger partial charge in [-0.1, -0.05) is 0 Å². The van der Waals surface area contributed by atoms with Crippen molar-refractivity contribution in [2.24, 2.45) is 0 Å². The van der Waals surface area contributed by atoms with Crippen molar-refractivity contribution in [1.82, 2.24) is 0 Å². The molecule has 1 rings (SSSR count). The van der Waals surface area contributed by atoms with E-state index in [1.807, 2.05) is 6.92 Å². The van der Waals surface area contributed by atoms with Crippen molar-refractivity contribution in [3.05, 3.63) is 0 Å². The summed E-state index contributed by atoms with van der Waals surface area (Å²) in [4.78, 5) is 10.4. The van der Waals surface area contributed by atoms with Gasteiger partial charge in [-0.2, -0.15) is 0 Å². The number of rotatable bonds is 2. The van der Waals surface area contributed by atoms with Crippen molar-refractivity contribution in [2.75, 3.05) is 0 Å². The number of epoxide rings is 1. The Morgan fingerprint density at radius 2 is 2.25 bits per heavy atom. The molecule has 0 N–H and O–H groups in total. The molecule has 2 nitrogen and oxygen atoms in total. The molecule has 1 aliphatic heterocycles. The summed E-state index contributed by atoms with van der Waals surface area (Å²) in [6, 6.07) is 0. The van der Waals surface area contributed by atoms with Gasteiger partial charge >= 0.3 is 0 Å². The van der Waals surface area contributed by atoms with Crippen LogP contribution in [0.25, 0.3) is 0 Å². The molecule has 1 saturated heterocycles. The highest BCUT2D eigenvalue weighted by Gasteiger charge is 2.34. The zero-order valence-corrected chi connectivity index (χ0v) is 5.18. The molecule has 0 spiro atoms. The first kappa shape index (κ1) is 5.76. The van der Waals surface area contributed by atoms with Crippen LogP contribution in [0.3, 0.4) is 0 Å². The molecule has 2 unspecified atom stereocenters. The maximum absolute atomic E-state index is 10.4. The Kier molecular flexibility index (Phi) is 1.34. The van der Waals surface area contributed by atoms with E-state index in [1.54, 1.807) is 6.92 Å². The van der Waals surface area contributed by atoms with Crippen molar-refractivity contribution < 1.29 is 9.53 Å². The Morgan fingerprint density at radius 1 is 1.75 bits per heavy atom. The second-order valence-corrected chi connectivity index (χ2v) is 2.29. The number of Topliss-reactive ketones (excluding diaryl/α,β-unsaturated/α-hetero) is 1. The van der Waals surface area contributed by atoms with Crippen LogP contribution in [0.15, 0.2) is 0 Å². The Bertz CT molecular complexity index is 109. The summed E-state index contributed by atoms with van der Waals surface area (Å²) in [5.41, 5.74) is 0. The predicted octanol–water partition coefficient (Wildman–Crippen LogP) is 0.753.